The number of amides is 2. The van der Waals surface area contributed by atoms with Crippen molar-refractivity contribution in [2.45, 2.75) is 38.6 Å². The van der Waals surface area contributed by atoms with Gasteiger partial charge in [0.1, 0.15) is 11.4 Å². The summed E-state index contributed by atoms with van der Waals surface area (Å²) >= 11 is 0. The third kappa shape index (κ3) is 5.52. The molecule has 1 aliphatic heterocycles. The Labute approximate surface area is 165 Å². The van der Waals surface area contributed by atoms with Gasteiger partial charge in [0, 0.05) is 37.9 Å². The number of benzene rings is 1. The minimum absolute atomic E-state index is 0.0583. The number of aryl methyl sites for hydroxylation is 1. The van der Waals surface area contributed by atoms with Crippen LogP contribution in [-0.2, 0) is 4.79 Å². The molecule has 1 saturated heterocycles. The second-order valence-corrected chi connectivity index (χ2v) is 6.94. The molecule has 2 aromatic rings. The van der Waals surface area contributed by atoms with Gasteiger partial charge in [0.2, 0.25) is 5.91 Å². The van der Waals surface area contributed by atoms with Crippen LogP contribution in [0.2, 0.25) is 0 Å². The summed E-state index contributed by atoms with van der Waals surface area (Å²) in [4.78, 5) is 34.3. The lowest BCUT2D eigenvalue weighted by Crippen LogP contribution is -2.46. The second kappa shape index (κ2) is 9.82. The summed E-state index contributed by atoms with van der Waals surface area (Å²) in [6, 6.07) is 7.93. The summed E-state index contributed by atoms with van der Waals surface area (Å²) in [5, 5.41) is 2.97. The molecule has 0 radical (unpaired) electrons. The van der Waals surface area contributed by atoms with E-state index in [1.54, 1.807) is 0 Å². The first-order chi connectivity index (χ1) is 13.6. The van der Waals surface area contributed by atoms with Crippen LogP contribution in [0.1, 0.15) is 41.7 Å². The van der Waals surface area contributed by atoms with Gasteiger partial charge in [0.25, 0.3) is 5.91 Å². The Hall–Kier alpha value is -2.96. The van der Waals surface area contributed by atoms with E-state index in [4.69, 9.17) is 4.74 Å². The first kappa shape index (κ1) is 19.8. The number of nitrogens with zero attached hydrogens (tertiary/aromatic N) is 3. The summed E-state index contributed by atoms with van der Waals surface area (Å²) in [5.41, 5.74) is 1.41. The van der Waals surface area contributed by atoms with Crippen LogP contribution in [0, 0.1) is 6.92 Å². The Morgan fingerprint density at radius 3 is 2.71 bits per heavy atom. The van der Waals surface area contributed by atoms with Crippen molar-refractivity contribution in [1.29, 1.82) is 0 Å². The largest absolute Gasteiger partial charge is 0.493 e. The lowest BCUT2D eigenvalue weighted by molar-refractivity contribution is -0.132. The van der Waals surface area contributed by atoms with Gasteiger partial charge in [-0.3, -0.25) is 14.6 Å². The normalized spacial score (nSPS) is 14.5. The lowest BCUT2D eigenvalue weighted by atomic mass is 10.0. The Balaban J connectivity index is 1.34. The molecular weight excluding hydrogens is 356 g/mol. The number of piperidine rings is 1. The first-order valence-corrected chi connectivity index (χ1v) is 9.66. The van der Waals surface area contributed by atoms with Crippen LogP contribution >= 0.6 is 0 Å². The fourth-order valence-electron chi connectivity index (χ4n) is 3.23. The zero-order valence-electron chi connectivity index (χ0n) is 16.1. The van der Waals surface area contributed by atoms with Gasteiger partial charge in [0.15, 0.2) is 0 Å². The molecule has 3 rings (SSSR count). The Morgan fingerprint density at radius 1 is 1.21 bits per heavy atom. The molecular formula is C21H26N4O3. The van der Waals surface area contributed by atoms with Crippen LogP contribution in [0.4, 0.5) is 0 Å². The summed E-state index contributed by atoms with van der Waals surface area (Å²) in [5.74, 6) is 0.799. The minimum Gasteiger partial charge on any atom is -0.493 e. The highest BCUT2D eigenvalue weighted by molar-refractivity contribution is 5.92. The molecule has 7 nitrogen and oxygen atoms in total. The maximum Gasteiger partial charge on any atom is 0.271 e. The molecule has 1 fully saturated rings. The summed E-state index contributed by atoms with van der Waals surface area (Å²) in [6.45, 7) is 3.85. The van der Waals surface area contributed by atoms with Crippen molar-refractivity contribution in [2.75, 3.05) is 19.7 Å². The summed E-state index contributed by atoms with van der Waals surface area (Å²) in [7, 11) is 0. The van der Waals surface area contributed by atoms with Crippen LogP contribution in [0.15, 0.2) is 42.9 Å². The molecule has 0 aliphatic carbocycles. The van der Waals surface area contributed by atoms with Crippen molar-refractivity contribution in [1.82, 2.24) is 20.2 Å². The maximum atomic E-state index is 12.4. The minimum atomic E-state index is -0.216. The van der Waals surface area contributed by atoms with Crippen LogP contribution in [0.25, 0.3) is 0 Å². The smallest absolute Gasteiger partial charge is 0.271 e. The van der Waals surface area contributed by atoms with E-state index < -0.39 is 0 Å². The number of likely N-dealkylation sites (tertiary alicyclic amines) is 1. The fraction of sp³-hybridized carbons (Fsp3) is 0.429. The Morgan fingerprint density at radius 2 is 2.00 bits per heavy atom. The van der Waals surface area contributed by atoms with Crippen LogP contribution in [0.3, 0.4) is 0 Å². The molecule has 1 aromatic heterocycles. The zero-order chi connectivity index (χ0) is 19.8. The van der Waals surface area contributed by atoms with E-state index in [1.165, 1.54) is 18.6 Å². The van der Waals surface area contributed by atoms with Gasteiger partial charge in [0.05, 0.1) is 12.8 Å². The van der Waals surface area contributed by atoms with Crippen molar-refractivity contribution in [3.05, 3.63) is 54.1 Å². The third-order valence-corrected chi connectivity index (χ3v) is 4.86. The topological polar surface area (TPSA) is 84.4 Å². The number of ether oxygens (including phenoxy) is 1. The van der Waals surface area contributed by atoms with Gasteiger partial charge < -0.3 is 15.0 Å². The van der Waals surface area contributed by atoms with Gasteiger partial charge in [-0.05, 0) is 37.8 Å². The van der Waals surface area contributed by atoms with E-state index in [-0.39, 0.29) is 17.9 Å². The molecule has 0 saturated carbocycles. The Kier molecular flexibility index (Phi) is 6.94. The van der Waals surface area contributed by atoms with Crippen molar-refractivity contribution < 1.29 is 14.3 Å². The molecule has 2 heterocycles. The van der Waals surface area contributed by atoms with Crippen molar-refractivity contribution in [3.63, 3.8) is 0 Å². The SMILES string of the molecule is Cc1ccccc1OCCCC(=O)N1CCC(NC(=O)c2cnccn2)CC1. The van der Waals surface area contributed by atoms with Crippen LogP contribution in [-0.4, -0.2) is 52.4 Å². The number of carbonyl (C=O) groups is 2. The Bertz CT molecular complexity index is 789. The lowest BCUT2D eigenvalue weighted by Gasteiger charge is -2.32. The number of rotatable bonds is 7. The summed E-state index contributed by atoms with van der Waals surface area (Å²) in [6.07, 6.45) is 7.15. The molecule has 1 N–H and O–H groups in total. The number of hydrogen-bond acceptors (Lipinski definition) is 5. The van der Waals surface area contributed by atoms with E-state index in [1.807, 2.05) is 36.1 Å². The zero-order valence-corrected chi connectivity index (χ0v) is 16.1. The van der Waals surface area contributed by atoms with Crippen molar-refractivity contribution >= 4 is 11.8 Å². The number of hydrogen-bond donors (Lipinski definition) is 1. The van der Waals surface area contributed by atoms with Crippen LogP contribution < -0.4 is 10.1 Å². The fourth-order valence-corrected chi connectivity index (χ4v) is 3.23. The average molecular weight is 382 g/mol. The van der Waals surface area contributed by atoms with E-state index in [9.17, 15) is 9.59 Å². The highest BCUT2D eigenvalue weighted by Gasteiger charge is 2.24. The van der Waals surface area contributed by atoms with E-state index in [0.717, 1.165) is 24.2 Å². The molecule has 28 heavy (non-hydrogen) atoms. The number of nitrogens with one attached hydrogen (secondary N) is 1. The molecule has 1 aromatic carbocycles. The van der Waals surface area contributed by atoms with Gasteiger partial charge in [-0.25, -0.2) is 4.98 Å². The molecule has 0 spiro atoms. The standard InChI is InChI=1S/C21H26N4O3/c1-16-5-2-3-6-19(16)28-14-4-7-20(26)25-12-8-17(9-13-25)24-21(27)18-15-22-10-11-23-18/h2-3,5-6,10-11,15,17H,4,7-9,12-14H2,1H3,(H,24,27). The first-order valence-electron chi connectivity index (χ1n) is 9.66. The number of para-hydroxylation sites is 1. The van der Waals surface area contributed by atoms with E-state index in [2.05, 4.69) is 15.3 Å². The van der Waals surface area contributed by atoms with Gasteiger partial charge in [-0.2, -0.15) is 0 Å². The monoisotopic (exact) mass is 382 g/mol. The second-order valence-electron chi connectivity index (χ2n) is 6.94. The number of aromatic nitrogens is 2. The molecule has 0 unspecified atom stereocenters. The third-order valence-electron chi connectivity index (χ3n) is 4.86. The quantitative estimate of drug-likeness (QED) is 0.743. The van der Waals surface area contributed by atoms with Crippen molar-refractivity contribution in [2.24, 2.45) is 0 Å². The van der Waals surface area contributed by atoms with E-state index >= 15 is 0 Å². The predicted octanol–water partition coefficient (Wildman–Crippen LogP) is 2.37. The van der Waals surface area contributed by atoms with Crippen molar-refractivity contribution in [3.8, 4) is 5.75 Å². The maximum absolute atomic E-state index is 12.4. The number of carbonyl (C=O) groups excluding carboxylic acids is 2. The molecule has 2 amide bonds. The summed E-state index contributed by atoms with van der Waals surface area (Å²) < 4.78 is 5.75. The molecule has 0 atom stereocenters. The highest BCUT2D eigenvalue weighted by Crippen LogP contribution is 2.17. The van der Waals surface area contributed by atoms with Gasteiger partial charge in [-0.1, -0.05) is 18.2 Å². The highest BCUT2D eigenvalue weighted by atomic mass is 16.5. The average Bonchev–Trinajstić information content (AvgIpc) is 2.73. The van der Waals surface area contributed by atoms with Crippen LogP contribution in [0.5, 0.6) is 5.75 Å². The van der Waals surface area contributed by atoms with Gasteiger partial charge >= 0.3 is 0 Å². The molecule has 0 bridgehead atoms. The predicted molar refractivity (Wildman–Crippen MR) is 105 cm³/mol. The molecule has 1 aliphatic rings. The molecule has 7 heteroatoms. The van der Waals surface area contributed by atoms with Gasteiger partial charge in [-0.15, -0.1) is 0 Å². The molecule has 148 valence electrons. The van der Waals surface area contributed by atoms with E-state index in [0.29, 0.717) is 38.2 Å².